The molecule has 0 heterocycles. The summed E-state index contributed by atoms with van der Waals surface area (Å²) in [5, 5.41) is 0. The van der Waals surface area contributed by atoms with Crippen molar-refractivity contribution in [3.63, 3.8) is 0 Å². The summed E-state index contributed by atoms with van der Waals surface area (Å²) >= 11 is 0. The maximum Gasteiger partial charge on any atom is 0.240 e. The highest BCUT2D eigenvalue weighted by molar-refractivity contribution is 5.49. The lowest BCUT2D eigenvalue weighted by molar-refractivity contribution is 0.414. The van der Waals surface area contributed by atoms with Crippen LogP contribution in [0.15, 0.2) is 58.5 Å². The van der Waals surface area contributed by atoms with E-state index in [1.165, 1.54) is 12.2 Å². The van der Waals surface area contributed by atoms with Crippen molar-refractivity contribution in [3.8, 4) is 11.5 Å². The van der Waals surface area contributed by atoms with E-state index in [4.69, 9.17) is 9.47 Å². The Morgan fingerprint density at radius 3 is 1.78 bits per heavy atom. The molecule has 0 unspecified atom stereocenters. The van der Waals surface area contributed by atoms with Gasteiger partial charge in [0, 0.05) is 0 Å². The first-order valence-electron chi connectivity index (χ1n) is 6.62. The first kappa shape index (κ1) is 17.9. The zero-order valence-electron chi connectivity index (χ0n) is 12.9. The fourth-order valence-corrected chi connectivity index (χ4v) is 1.56. The fraction of sp³-hybridized carbons (Fsp3) is 0.176. The largest absolute Gasteiger partial charge is 0.497 e. The molecule has 0 aliphatic heterocycles. The lowest BCUT2D eigenvalue weighted by Crippen LogP contribution is -1.84. The topological polar surface area (TPSA) is 77.3 Å². The number of carbonyl (C=O) groups excluding carboxylic acids is 2. The Kier molecular flexibility index (Phi) is 8.16. The third-order valence-corrected chi connectivity index (χ3v) is 2.73. The summed E-state index contributed by atoms with van der Waals surface area (Å²) < 4.78 is 9.87. The van der Waals surface area contributed by atoms with Gasteiger partial charge < -0.3 is 9.47 Å². The van der Waals surface area contributed by atoms with Gasteiger partial charge >= 0.3 is 0 Å². The summed E-state index contributed by atoms with van der Waals surface area (Å²) in [6.07, 6.45) is 2.94. The SMILES string of the molecule is COc1ccc(CN=C=O)cc1.COc1ccc(N=C=O)cc1. The summed E-state index contributed by atoms with van der Waals surface area (Å²) in [6.45, 7) is 0.382. The molecular weight excluding hydrogens is 296 g/mol. The van der Waals surface area contributed by atoms with Gasteiger partial charge in [0.05, 0.1) is 26.5 Å². The van der Waals surface area contributed by atoms with Crippen LogP contribution in [0.2, 0.25) is 0 Å². The van der Waals surface area contributed by atoms with Crippen LogP contribution in [-0.2, 0) is 16.1 Å². The average Bonchev–Trinajstić information content (AvgIpc) is 2.62. The van der Waals surface area contributed by atoms with Gasteiger partial charge in [0.2, 0.25) is 12.2 Å². The van der Waals surface area contributed by atoms with Gasteiger partial charge in [0.25, 0.3) is 0 Å². The van der Waals surface area contributed by atoms with Gasteiger partial charge in [-0.25, -0.2) is 14.6 Å². The normalized spacial score (nSPS) is 8.61. The van der Waals surface area contributed by atoms with E-state index in [0.29, 0.717) is 12.2 Å². The van der Waals surface area contributed by atoms with Gasteiger partial charge in [-0.1, -0.05) is 12.1 Å². The highest BCUT2D eigenvalue weighted by Gasteiger charge is 1.91. The number of nitrogens with zero attached hydrogens (tertiary/aromatic N) is 2. The summed E-state index contributed by atoms with van der Waals surface area (Å²) in [5.74, 6) is 1.55. The Labute approximate surface area is 134 Å². The van der Waals surface area contributed by atoms with Crippen LogP contribution in [0.1, 0.15) is 5.56 Å². The minimum Gasteiger partial charge on any atom is -0.497 e. The van der Waals surface area contributed by atoms with Gasteiger partial charge in [0.1, 0.15) is 11.5 Å². The Bertz CT molecular complexity index is 684. The highest BCUT2D eigenvalue weighted by Crippen LogP contribution is 2.16. The van der Waals surface area contributed by atoms with Crippen LogP contribution >= 0.6 is 0 Å². The van der Waals surface area contributed by atoms with Crippen molar-refractivity contribution in [1.29, 1.82) is 0 Å². The maximum atomic E-state index is 9.81. The zero-order valence-corrected chi connectivity index (χ0v) is 12.9. The molecule has 0 spiro atoms. The molecule has 23 heavy (non-hydrogen) atoms. The van der Waals surface area contributed by atoms with Crippen LogP contribution < -0.4 is 9.47 Å². The number of rotatable bonds is 5. The van der Waals surface area contributed by atoms with Crippen molar-refractivity contribution < 1.29 is 19.1 Å². The van der Waals surface area contributed by atoms with Gasteiger partial charge in [-0.05, 0) is 42.0 Å². The van der Waals surface area contributed by atoms with Crippen LogP contribution in [0.4, 0.5) is 5.69 Å². The first-order valence-corrected chi connectivity index (χ1v) is 6.62. The van der Waals surface area contributed by atoms with Crippen LogP contribution in [0.25, 0.3) is 0 Å². The molecule has 0 amide bonds. The third-order valence-electron chi connectivity index (χ3n) is 2.73. The van der Waals surface area contributed by atoms with Crippen molar-refractivity contribution in [3.05, 3.63) is 54.1 Å². The van der Waals surface area contributed by atoms with Gasteiger partial charge in [-0.15, -0.1) is 0 Å². The minimum absolute atomic E-state index is 0.382. The number of isocyanates is 2. The summed E-state index contributed by atoms with van der Waals surface area (Å²) in [4.78, 5) is 26.5. The van der Waals surface area contributed by atoms with Crippen LogP contribution in [0.3, 0.4) is 0 Å². The number of hydrogen-bond donors (Lipinski definition) is 0. The van der Waals surface area contributed by atoms with Crippen molar-refractivity contribution in [2.24, 2.45) is 9.98 Å². The smallest absolute Gasteiger partial charge is 0.240 e. The van der Waals surface area contributed by atoms with Gasteiger partial charge in [-0.3, -0.25) is 0 Å². The van der Waals surface area contributed by atoms with Crippen LogP contribution in [0, 0.1) is 0 Å². The molecule has 0 aliphatic carbocycles. The predicted octanol–water partition coefficient (Wildman–Crippen LogP) is 3.19. The number of aliphatic imine (C=N–C) groups is 2. The molecule has 0 N–H and O–H groups in total. The maximum absolute atomic E-state index is 9.81. The second kappa shape index (κ2) is 10.5. The van der Waals surface area contributed by atoms with E-state index in [2.05, 4.69) is 9.98 Å². The van der Waals surface area contributed by atoms with E-state index in [9.17, 15) is 9.59 Å². The predicted molar refractivity (Wildman–Crippen MR) is 85.6 cm³/mol. The summed E-state index contributed by atoms with van der Waals surface area (Å²) in [7, 11) is 3.19. The van der Waals surface area contributed by atoms with E-state index in [-0.39, 0.29) is 0 Å². The van der Waals surface area contributed by atoms with E-state index in [0.717, 1.165) is 17.1 Å². The van der Waals surface area contributed by atoms with Gasteiger partial charge in [-0.2, -0.15) is 4.99 Å². The molecule has 0 atom stereocenters. The Balaban J connectivity index is 0.000000231. The Morgan fingerprint density at radius 2 is 1.35 bits per heavy atom. The average molecular weight is 312 g/mol. The number of hydrogen-bond acceptors (Lipinski definition) is 6. The standard InChI is InChI=1S/C9H9NO2.C8H7NO2/c1-12-9-4-2-8(3-5-9)6-10-7-11;1-11-8-4-2-7(3-5-8)9-6-10/h2-5H,6H2,1H3;2-5H,1H3. The second-order valence-electron chi connectivity index (χ2n) is 4.16. The minimum atomic E-state index is 0.382. The molecule has 118 valence electrons. The van der Waals surface area contributed by atoms with E-state index in [1.54, 1.807) is 38.5 Å². The van der Waals surface area contributed by atoms with Crippen LogP contribution in [-0.4, -0.2) is 26.4 Å². The van der Waals surface area contributed by atoms with Crippen molar-refractivity contribution in [2.45, 2.75) is 6.54 Å². The first-order chi connectivity index (χ1) is 11.2. The number of ether oxygens (including phenoxy) is 2. The zero-order chi connectivity index (χ0) is 16.9. The fourth-order valence-electron chi connectivity index (χ4n) is 1.56. The van der Waals surface area contributed by atoms with Crippen molar-refractivity contribution in [1.82, 2.24) is 0 Å². The Morgan fingerprint density at radius 1 is 0.826 bits per heavy atom. The van der Waals surface area contributed by atoms with Crippen molar-refractivity contribution in [2.75, 3.05) is 14.2 Å². The molecule has 0 saturated carbocycles. The molecule has 2 aromatic rings. The molecule has 6 nitrogen and oxygen atoms in total. The summed E-state index contributed by atoms with van der Waals surface area (Å²) in [6, 6.07) is 14.2. The molecule has 0 aliphatic rings. The molecule has 2 aromatic carbocycles. The molecule has 2 rings (SSSR count). The molecule has 0 bridgehead atoms. The van der Waals surface area contributed by atoms with Crippen LogP contribution in [0.5, 0.6) is 11.5 Å². The Hall–Kier alpha value is -3.20. The van der Waals surface area contributed by atoms with Gasteiger partial charge in [0.15, 0.2) is 0 Å². The monoisotopic (exact) mass is 312 g/mol. The molecule has 0 aromatic heterocycles. The quantitative estimate of drug-likeness (QED) is 0.627. The molecule has 0 fully saturated rings. The lowest BCUT2D eigenvalue weighted by atomic mass is 10.2. The lowest BCUT2D eigenvalue weighted by Gasteiger charge is -1.99. The number of methoxy groups -OCH3 is 2. The number of benzene rings is 2. The summed E-state index contributed by atoms with van der Waals surface area (Å²) in [5.41, 5.74) is 1.56. The van der Waals surface area contributed by atoms with E-state index in [1.807, 2.05) is 24.3 Å². The molecule has 0 radical (unpaired) electrons. The molecule has 0 saturated heterocycles. The molecular formula is C17H16N2O4. The second-order valence-corrected chi connectivity index (χ2v) is 4.16. The highest BCUT2D eigenvalue weighted by atomic mass is 16.5. The van der Waals surface area contributed by atoms with Crippen molar-refractivity contribution >= 4 is 17.8 Å². The third kappa shape index (κ3) is 6.87. The van der Waals surface area contributed by atoms with E-state index < -0.39 is 0 Å². The van der Waals surface area contributed by atoms with E-state index >= 15 is 0 Å². The molecule has 6 heteroatoms.